The predicted molar refractivity (Wildman–Crippen MR) is 139 cm³/mol. The summed E-state index contributed by atoms with van der Waals surface area (Å²) in [7, 11) is 0. The van der Waals surface area contributed by atoms with Gasteiger partial charge in [-0.15, -0.1) is 0 Å². The van der Waals surface area contributed by atoms with Gasteiger partial charge in [0.1, 0.15) is 11.4 Å². The molecule has 0 saturated heterocycles. The van der Waals surface area contributed by atoms with E-state index in [1.807, 2.05) is 6.92 Å². The first kappa shape index (κ1) is 34.3. The molecule has 15 heteroatoms. The summed E-state index contributed by atoms with van der Waals surface area (Å²) in [5, 5.41) is 28.1. The third-order valence-electron chi connectivity index (χ3n) is 7.19. The minimum Gasteiger partial charge on any atom is -0.434 e. The molecule has 0 bridgehead atoms. The quantitative estimate of drug-likeness (QED) is 0.363. The third-order valence-corrected chi connectivity index (χ3v) is 7.19. The number of benzene rings is 1. The van der Waals surface area contributed by atoms with Crippen molar-refractivity contribution in [1.29, 1.82) is 0 Å². The summed E-state index contributed by atoms with van der Waals surface area (Å²) in [6, 6.07) is 3.94. The second kappa shape index (κ2) is 14.3. The number of aromatic nitrogens is 2. The maximum absolute atomic E-state index is 13.3. The van der Waals surface area contributed by atoms with Gasteiger partial charge in [-0.25, -0.2) is 0 Å². The number of hydrogen-bond acceptors (Lipinski definition) is 7. The monoisotopic (exact) mass is 611 g/mol. The molecule has 1 aromatic carbocycles. The van der Waals surface area contributed by atoms with E-state index in [9.17, 15) is 37.0 Å². The molecule has 1 aromatic heterocycles. The van der Waals surface area contributed by atoms with E-state index in [2.05, 4.69) is 15.2 Å². The van der Waals surface area contributed by atoms with Gasteiger partial charge in [0.05, 0.1) is 17.7 Å². The zero-order valence-electron chi connectivity index (χ0n) is 23.0. The average molecular weight is 612 g/mol. The number of nitrogens with zero attached hydrogens (tertiary/aromatic N) is 2. The highest BCUT2D eigenvalue weighted by Gasteiger charge is 2.41. The van der Waals surface area contributed by atoms with Crippen LogP contribution in [0.5, 0.6) is 5.75 Å². The van der Waals surface area contributed by atoms with Gasteiger partial charge in [-0.05, 0) is 63.1 Å². The SMILES string of the molecule is CCn1nc(C(=O)NC[C@]2(O)CC[C@@H](C)C[C@H]2O)c(C)c1-c1ccc(C[C@@H](C)C(F)(F)F)cc1OC(F)F.O=S=O. The van der Waals surface area contributed by atoms with Crippen LogP contribution >= 0.6 is 0 Å². The number of aryl methyl sites for hydroxylation is 1. The number of rotatable bonds is 9. The van der Waals surface area contributed by atoms with Gasteiger partial charge in [0.25, 0.3) is 5.91 Å². The maximum atomic E-state index is 13.3. The maximum Gasteiger partial charge on any atom is 0.391 e. The molecule has 41 heavy (non-hydrogen) atoms. The molecular weight excluding hydrogens is 577 g/mol. The predicted octanol–water partition coefficient (Wildman–Crippen LogP) is 4.19. The normalized spacial score (nSPS) is 21.6. The van der Waals surface area contributed by atoms with Crippen LogP contribution in [0.3, 0.4) is 0 Å². The smallest absolute Gasteiger partial charge is 0.391 e. The zero-order chi connectivity index (χ0) is 31.1. The molecule has 1 amide bonds. The number of carbonyl (C=O) groups excluding carboxylic acids is 1. The molecule has 2 aromatic rings. The number of amides is 1. The molecule has 0 aliphatic heterocycles. The van der Waals surface area contributed by atoms with Gasteiger partial charge in [-0.2, -0.15) is 35.5 Å². The Hall–Kier alpha value is -2.91. The fourth-order valence-corrected chi connectivity index (χ4v) is 4.79. The number of hydrogen-bond donors (Lipinski definition) is 3. The Bertz CT molecular complexity index is 1230. The first-order chi connectivity index (χ1) is 19.1. The van der Waals surface area contributed by atoms with E-state index in [1.165, 1.54) is 16.8 Å². The molecule has 4 atom stereocenters. The Morgan fingerprint density at radius 3 is 2.49 bits per heavy atom. The molecule has 1 saturated carbocycles. The van der Waals surface area contributed by atoms with Crippen LogP contribution in [0.4, 0.5) is 22.0 Å². The molecule has 0 spiro atoms. The van der Waals surface area contributed by atoms with E-state index in [0.29, 0.717) is 30.5 Å². The second-order valence-corrected chi connectivity index (χ2v) is 10.4. The van der Waals surface area contributed by atoms with Crippen LogP contribution in [-0.4, -0.2) is 65.4 Å². The Kier molecular flexibility index (Phi) is 12.0. The lowest BCUT2D eigenvalue weighted by atomic mass is 9.77. The molecule has 9 nitrogen and oxygen atoms in total. The van der Waals surface area contributed by atoms with Crippen LogP contribution < -0.4 is 10.1 Å². The molecule has 0 unspecified atom stereocenters. The van der Waals surface area contributed by atoms with E-state index in [-0.39, 0.29) is 41.6 Å². The first-order valence-electron chi connectivity index (χ1n) is 12.9. The second-order valence-electron chi connectivity index (χ2n) is 10.2. The van der Waals surface area contributed by atoms with Gasteiger partial charge in [0.15, 0.2) is 5.69 Å². The Labute approximate surface area is 237 Å². The highest BCUT2D eigenvalue weighted by molar-refractivity contribution is 7.51. The first-order valence-corrected chi connectivity index (χ1v) is 13.6. The molecule has 1 aliphatic carbocycles. The van der Waals surface area contributed by atoms with E-state index < -0.39 is 54.3 Å². The zero-order valence-corrected chi connectivity index (χ0v) is 23.8. The van der Waals surface area contributed by atoms with E-state index in [4.69, 9.17) is 8.42 Å². The summed E-state index contributed by atoms with van der Waals surface area (Å²) in [5.41, 5.74) is -0.537. The number of ether oxygens (including phenoxy) is 1. The molecule has 0 radical (unpaired) electrons. The largest absolute Gasteiger partial charge is 0.434 e. The van der Waals surface area contributed by atoms with Gasteiger partial charge in [0, 0.05) is 24.2 Å². The van der Waals surface area contributed by atoms with E-state index in [0.717, 1.165) is 13.0 Å². The van der Waals surface area contributed by atoms with Crippen molar-refractivity contribution in [3.63, 3.8) is 0 Å². The average Bonchev–Trinajstić information content (AvgIpc) is 3.21. The number of halogens is 5. The van der Waals surface area contributed by atoms with Crippen molar-refractivity contribution in [3.8, 4) is 17.0 Å². The van der Waals surface area contributed by atoms with E-state index in [1.54, 1.807) is 13.8 Å². The van der Waals surface area contributed by atoms with Crippen LogP contribution in [-0.2, 0) is 24.5 Å². The summed E-state index contributed by atoms with van der Waals surface area (Å²) in [4.78, 5) is 13.0. The summed E-state index contributed by atoms with van der Waals surface area (Å²) < 4.78 is 88.3. The van der Waals surface area contributed by atoms with Gasteiger partial charge < -0.3 is 20.3 Å². The van der Waals surface area contributed by atoms with Crippen molar-refractivity contribution in [2.24, 2.45) is 11.8 Å². The number of alkyl halides is 5. The highest BCUT2D eigenvalue weighted by atomic mass is 32.1. The Morgan fingerprint density at radius 1 is 1.32 bits per heavy atom. The topological polar surface area (TPSA) is 131 Å². The van der Waals surface area contributed by atoms with Crippen LogP contribution in [0, 0.1) is 18.8 Å². The van der Waals surface area contributed by atoms with E-state index >= 15 is 0 Å². The lowest BCUT2D eigenvalue weighted by Gasteiger charge is -2.39. The Morgan fingerprint density at radius 2 is 1.95 bits per heavy atom. The van der Waals surface area contributed by atoms with Gasteiger partial charge in [-0.3, -0.25) is 9.48 Å². The van der Waals surface area contributed by atoms with Crippen LogP contribution in [0.15, 0.2) is 18.2 Å². The minimum absolute atomic E-state index is 0.0121. The lowest BCUT2D eigenvalue weighted by molar-refractivity contribution is -0.169. The molecule has 1 fully saturated rings. The van der Waals surface area contributed by atoms with Crippen molar-refractivity contribution in [1.82, 2.24) is 15.1 Å². The molecular formula is C26H34F5N3O6S. The summed E-state index contributed by atoms with van der Waals surface area (Å²) >= 11 is -0.750. The van der Waals surface area contributed by atoms with Crippen LogP contribution in [0.25, 0.3) is 11.3 Å². The third kappa shape index (κ3) is 8.79. The summed E-state index contributed by atoms with van der Waals surface area (Å²) in [6.45, 7) is 3.11. The lowest BCUT2D eigenvalue weighted by Crippen LogP contribution is -2.54. The Balaban J connectivity index is 0.00000187. The highest BCUT2D eigenvalue weighted by Crippen LogP contribution is 2.37. The molecule has 3 N–H and O–H groups in total. The van der Waals surface area contributed by atoms with Crippen molar-refractivity contribution in [2.45, 2.75) is 84.4 Å². The van der Waals surface area contributed by atoms with Crippen LogP contribution in [0.2, 0.25) is 0 Å². The number of aliphatic hydroxyl groups excluding tert-OH is 1. The van der Waals surface area contributed by atoms with Crippen molar-refractivity contribution in [3.05, 3.63) is 35.0 Å². The fraction of sp³-hybridized carbons (Fsp3) is 0.615. The van der Waals surface area contributed by atoms with Crippen LogP contribution in [0.1, 0.15) is 61.6 Å². The van der Waals surface area contributed by atoms with Crippen molar-refractivity contribution in [2.75, 3.05) is 6.54 Å². The number of carbonyl (C=O) groups is 1. The van der Waals surface area contributed by atoms with Gasteiger partial charge in [-0.1, -0.05) is 19.9 Å². The number of aliphatic hydroxyl groups is 2. The summed E-state index contributed by atoms with van der Waals surface area (Å²) in [6.07, 6.45) is -4.44. The standard InChI is InChI=1S/C26H34F5N3O4.O2S/c1-5-34-22(18-7-6-17(11-15(3)26(29,30)31)12-19(18)38-24(27)28)16(4)21(33-34)23(36)32-13-25(37)9-8-14(2)10-20(25)35;1-3-2/h6-7,12,14-15,20,24,35,37H,5,8-11,13H2,1-4H3,(H,32,36);/t14-,15-,20-,25-;/m1./s1. The van der Waals surface area contributed by atoms with Crippen molar-refractivity contribution >= 4 is 17.5 Å². The molecule has 1 aliphatic rings. The van der Waals surface area contributed by atoms with Gasteiger partial charge >= 0.3 is 24.4 Å². The molecule has 230 valence electrons. The minimum atomic E-state index is -4.44. The van der Waals surface area contributed by atoms with Gasteiger partial charge in [0.2, 0.25) is 0 Å². The summed E-state index contributed by atoms with van der Waals surface area (Å²) in [5.74, 6) is -2.39. The molecule has 3 rings (SSSR count). The van der Waals surface area contributed by atoms with Crippen molar-refractivity contribution < 1.29 is 50.1 Å². The molecule has 1 heterocycles. The fourth-order valence-electron chi connectivity index (χ4n) is 4.79. The number of nitrogens with one attached hydrogen (secondary N) is 1.